The second-order valence-corrected chi connectivity index (χ2v) is 5.69. The van der Waals surface area contributed by atoms with E-state index in [1.807, 2.05) is 0 Å². The van der Waals surface area contributed by atoms with Gasteiger partial charge in [-0.2, -0.15) is 0 Å². The summed E-state index contributed by atoms with van der Waals surface area (Å²) in [5.74, 6) is 0.773. The van der Waals surface area contributed by atoms with E-state index >= 15 is 0 Å². The third-order valence-corrected chi connectivity index (χ3v) is 3.81. The van der Waals surface area contributed by atoms with Crippen molar-refractivity contribution in [2.45, 2.75) is 0 Å². The molecule has 0 unspecified atom stereocenters. The van der Waals surface area contributed by atoms with Crippen LogP contribution in [0.15, 0.2) is 34.8 Å². The molecule has 0 saturated heterocycles. The summed E-state index contributed by atoms with van der Waals surface area (Å²) in [6.45, 7) is 0. The third-order valence-electron chi connectivity index (χ3n) is 3.02. The van der Waals surface area contributed by atoms with Crippen LogP contribution in [0.4, 0.5) is 0 Å². The molecule has 0 N–H and O–H groups in total. The lowest BCUT2D eigenvalue weighted by Gasteiger charge is -2.14. The molecule has 0 aromatic heterocycles. The van der Waals surface area contributed by atoms with Gasteiger partial charge in [0.2, 0.25) is 0 Å². The van der Waals surface area contributed by atoms with E-state index in [1.165, 1.54) is 27.4 Å². The van der Waals surface area contributed by atoms with Crippen LogP contribution in [0.5, 0.6) is 23.0 Å². The van der Waals surface area contributed by atoms with E-state index in [4.69, 9.17) is 30.5 Å². The molecule has 0 spiro atoms. The van der Waals surface area contributed by atoms with Gasteiger partial charge in [-0.25, -0.2) is 4.79 Å². The van der Waals surface area contributed by atoms with E-state index in [2.05, 4.69) is 15.9 Å². The second kappa shape index (κ2) is 7.57. The molecular formula is C16H14BrClO5. The molecule has 0 atom stereocenters. The highest BCUT2D eigenvalue weighted by molar-refractivity contribution is 9.10. The minimum Gasteiger partial charge on any atom is -0.496 e. The van der Waals surface area contributed by atoms with E-state index in [0.717, 1.165) is 4.47 Å². The topological polar surface area (TPSA) is 54.0 Å². The molecule has 2 rings (SSSR count). The molecule has 0 aliphatic rings. The first-order valence-corrected chi connectivity index (χ1v) is 7.64. The van der Waals surface area contributed by atoms with Gasteiger partial charge in [-0.3, -0.25) is 0 Å². The Hall–Kier alpha value is -1.92. The van der Waals surface area contributed by atoms with Gasteiger partial charge in [-0.15, -0.1) is 0 Å². The summed E-state index contributed by atoms with van der Waals surface area (Å²) < 4.78 is 21.7. The summed E-state index contributed by atoms with van der Waals surface area (Å²) in [4.78, 5) is 12.4. The van der Waals surface area contributed by atoms with Crippen LogP contribution in [0.2, 0.25) is 5.02 Å². The van der Waals surface area contributed by atoms with Crippen molar-refractivity contribution in [3.05, 3.63) is 45.4 Å². The molecule has 122 valence electrons. The van der Waals surface area contributed by atoms with Gasteiger partial charge in [0.05, 0.1) is 26.4 Å². The average Bonchev–Trinajstić information content (AvgIpc) is 2.55. The average molecular weight is 402 g/mol. The van der Waals surface area contributed by atoms with E-state index < -0.39 is 5.97 Å². The zero-order valence-electron chi connectivity index (χ0n) is 12.7. The predicted molar refractivity (Wildman–Crippen MR) is 90.2 cm³/mol. The number of hydrogen-bond acceptors (Lipinski definition) is 5. The maximum atomic E-state index is 12.4. The molecular weight excluding hydrogens is 388 g/mol. The van der Waals surface area contributed by atoms with E-state index in [9.17, 15) is 4.79 Å². The van der Waals surface area contributed by atoms with Gasteiger partial charge in [0.25, 0.3) is 0 Å². The van der Waals surface area contributed by atoms with Crippen LogP contribution in [0.1, 0.15) is 10.4 Å². The van der Waals surface area contributed by atoms with Crippen LogP contribution < -0.4 is 18.9 Å². The lowest BCUT2D eigenvalue weighted by atomic mass is 10.1. The summed E-state index contributed by atoms with van der Waals surface area (Å²) in [5, 5.41) is 0.312. The zero-order chi connectivity index (χ0) is 17.0. The summed E-state index contributed by atoms with van der Waals surface area (Å²) in [7, 11) is 4.42. The molecule has 0 radical (unpaired) electrons. The Morgan fingerprint density at radius 2 is 1.52 bits per heavy atom. The highest BCUT2D eigenvalue weighted by atomic mass is 79.9. The van der Waals surface area contributed by atoms with Crippen LogP contribution in [-0.4, -0.2) is 27.3 Å². The summed E-state index contributed by atoms with van der Waals surface area (Å²) >= 11 is 9.35. The predicted octanol–water partition coefficient (Wildman–Crippen LogP) is 4.35. The minimum absolute atomic E-state index is 0.198. The number of benzene rings is 2. The molecule has 0 amide bonds. The van der Waals surface area contributed by atoms with Gasteiger partial charge >= 0.3 is 5.97 Å². The number of halogens is 2. The number of carbonyl (C=O) groups is 1. The monoisotopic (exact) mass is 400 g/mol. The van der Waals surface area contributed by atoms with Crippen molar-refractivity contribution in [3.63, 3.8) is 0 Å². The number of esters is 1. The molecule has 5 nitrogen and oxygen atoms in total. The Labute approximate surface area is 147 Å². The van der Waals surface area contributed by atoms with Crippen molar-refractivity contribution in [2.24, 2.45) is 0 Å². The molecule has 0 aliphatic heterocycles. The number of hydrogen-bond donors (Lipinski definition) is 0. The smallest absolute Gasteiger partial charge is 0.347 e. The Bertz CT molecular complexity index is 733. The third kappa shape index (κ3) is 3.89. The number of rotatable bonds is 5. The Balaban J connectivity index is 2.38. The van der Waals surface area contributed by atoms with E-state index in [1.54, 1.807) is 24.3 Å². The molecule has 23 heavy (non-hydrogen) atoms. The molecule has 0 bridgehead atoms. The van der Waals surface area contributed by atoms with Crippen LogP contribution in [0, 0.1) is 0 Å². The maximum Gasteiger partial charge on any atom is 0.347 e. The van der Waals surface area contributed by atoms with Crippen LogP contribution in [0.25, 0.3) is 0 Å². The summed E-state index contributed by atoms with van der Waals surface area (Å²) in [6, 6.07) is 8.00. The molecule has 0 saturated carbocycles. The van der Waals surface area contributed by atoms with Crippen molar-refractivity contribution in [3.8, 4) is 23.0 Å². The highest BCUT2D eigenvalue weighted by Crippen LogP contribution is 2.36. The molecule has 0 heterocycles. The number of carbonyl (C=O) groups excluding carboxylic acids is 1. The SMILES string of the molecule is COc1cc(OC)c(C(=O)Oc2ccc(Br)cc2Cl)cc1OC. The van der Waals surface area contributed by atoms with Crippen molar-refractivity contribution in [1.29, 1.82) is 0 Å². The molecule has 7 heteroatoms. The molecule has 0 aliphatic carbocycles. The number of methoxy groups -OCH3 is 3. The summed E-state index contributed by atoms with van der Waals surface area (Å²) in [6.07, 6.45) is 0. The minimum atomic E-state index is -0.618. The van der Waals surface area contributed by atoms with Gasteiger partial charge in [0, 0.05) is 16.6 Å². The van der Waals surface area contributed by atoms with E-state index in [0.29, 0.717) is 22.3 Å². The first kappa shape index (κ1) is 17.4. The van der Waals surface area contributed by atoms with Gasteiger partial charge in [-0.05, 0) is 18.2 Å². The van der Waals surface area contributed by atoms with E-state index in [-0.39, 0.29) is 11.3 Å². The van der Waals surface area contributed by atoms with Crippen molar-refractivity contribution < 1.29 is 23.7 Å². The van der Waals surface area contributed by atoms with Crippen LogP contribution in [0.3, 0.4) is 0 Å². The highest BCUT2D eigenvalue weighted by Gasteiger charge is 2.20. The molecule has 0 fully saturated rings. The molecule has 2 aromatic rings. The van der Waals surface area contributed by atoms with Crippen molar-refractivity contribution in [2.75, 3.05) is 21.3 Å². The van der Waals surface area contributed by atoms with Gasteiger partial charge < -0.3 is 18.9 Å². The quantitative estimate of drug-likeness (QED) is 0.551. The summed E-state index contributed by atoms with van der Waals surface area (Å²) in [5.41, 5.74) is 0.198. The number of ether oxygens (including phenoxy) is 4. The van der Waals surface area contributed by atoms with Gasteiger partial charge in [-0.1, -0.05) is 27.5 Å². The normalized spacial score (nSPS) is 10.1. The first-order valence-electron chi connectivity index (χ1n) is 6.47. The largest absolute Gasteiger partial charge is 0.496 e. The van der Waals surface area contributed by atoms with Crippen molar-refractivity contribution in [1.82, 2.24) is 0 Å². The van der Waals surface area contributed by atoms with Gasteiger partial charge in [0.15, 0.2) is 11.5 Å². The second-order valence-electron chi connectivity index (χ2n) is 4.37. The Morgan fingerprint density at radius 1 is 0.913 bits per heavy atom. The van der Waals surface area contributed by atoms with Gasteiger partial charge in [0.1, 0.15) is 17.1 Å². The lowest BCUT2D eigenvalue weighted by Crippen LogP contribution is -2.11. The Kier molecular flexibility index (Phi) is 5.74. The standard InChI is InChI=1S/C16H14BrClO5/c1-20-13-8-15(22-3)14(21-2)7-10(13)16(19)23-12-5-4-9(17)6-11(12)18/h4-8H,1-3H3. The fourth-order valence-corrected chi connectivity index (χ4v) is 2.61. The zero-order valence-corrected chi connectivity index (χ0v) is 15.0. The van der Waals surface area contributed by atoms with Crippen LogP contribution >= 0.6 is 27.5 Å². The van der Waals surface area contributed by atoms with Crippen LogP contribution in [-0.2, 0) is 0 Å². The lowest BCUT2D eigenvalue weighted by molar-refractivity contribution is 0.0731. The fraction of sp³-hybridized carbons (Fsp3) is 0.188. The maximum absolute atomic E-state index is 12.4. The first-order chi connectivity index (χ1) is 11.0. The fourth-order valence-electron chi connectivity index (χ4n) is 1.90. The Morgan fingerprint density at radius 3 is 2.09 bits per heavy atom. The molecule has 2 aromatic carbocycles. The van der Waals surface area contributed by atoms with Crippen molar-refractivity contribution >= 4 is 33.5 Å².